The number of hydrogen-bond donors (Lipinski definition) is 1. The second-order valence-electron chi connectivity index (χ2n) is 3.65. The van der Waals surface area contributed by atoms with Crippen LogP contribution in [0.4, 0.5) is 0 Å². The normalized spacial score (nSPS) is 14.5. The Balaban J connectivity index is 2.57. The Morgan fingerprint density at radius 2 is 2.33 bits per heavy atom. The summed E-state index contributed by atoms with van der Waals surface area (Å²) in [6.07, 6.45) is 10.3. The van der Waals surface area contributed by atoms with E-state index in [0.29, 0.717) is 0 Å². The highest BCUT2D eigenvalue weighted by molar-refractivity contribution is 5.07. The average molecular weight is 205 g/mol. The molecule has 0 aromatic carbocycles. The molecule has 0 fully saturated rings. The van der Waals surface area contributed by atoms with Crippen LogP contribution < -0.4 is 5.32 Å². The van der Waals surface area contributed by atoms with Gasteiger partial charge in [-0.25, -0.2) is 0 Å². The van der Waals surface area contributed by atoms with Crippen LogP contribution >= 0.6 is 0 Å². The molecule has 0 aliphatic heterocycles. The van der Waals surface area contributed by atoms with Crippen LogP contribution in [0.25, 0.3) is 0 Å². The van der Waals surface area contributed by atoms with E-state index in [1.165, 1.54) is 0 Å². The van der Waals surface area contributed by atoms with Gasteiger partial charge in [-0.2, -0.15) is 0 Å². The monoisotopic (exact) mass is 205 g/mol. The molecule has 0 saturated carbocycles. The van der Waals surface area contributed by atoms with Gasteiger partial charge >= 0.3 is 0 Å². The van der Waals surface area contributed by atoms with E-state index in [1.54, 1.807) is 6.26 Å². The lowest BCUT2D eigenvalue weighted by atomic mass is 10.1. The maximum absolute atomic E-state index is 5.47. The smallest absolute Gasteiger partial charge is 0.120 e. The molecule has 0 amide bonds. The summed E-state index contributed by atoms with van der Waals surface area (Å²) in [6.45, 7) is 4.26. The van der Waals surface area contributed by atoms with Crippen LogP contribution in [0.5, 0.6) is 0 Å². The van der Waals surface area contributed by atoms with Gasteiger partial charge in [0.25, 0.3) is 0 Å². The lowest BCUT2D eigenvalue weighted by Gasteiger charge is -2.19. The first-order chi connectivity index (χ1) is 7.31. The molecule has 0 aliphatic rings. The van der Waals surface area contributed by atoms with Crippen LogP contribution in [0.1, 0.15) is 44.9 Å². The summed E-state index contributed by atoms with van der Waals surface area (Å²) in [6, 6.07) is 4.27. The van der Waals surface area contributed by atoms with E-state index in [-0.39, 0.29) is 12.1 Å². The first-order valence-electron chi connectivity index (χ1n) is 5.57. The van der Waals surface area contributed by atoms with Crippen LogP contribution in [0.15, 0.2) is 22.8 Å². The highest BCUT2D eigenvalue weighted by Gasteiger charge is 2.15. The summed E-state index contributed by atoms with van der Waals surface area (Å²) < 4.78 is 5.38. The third kappa shape index (κ3) is 3.45. The van der Waals surface area contributed by atoms with Gasteiger partial charge < -0.3 is 4.42 Å². The van der Waals surface area contributed by atoms with Gasteiger partial charge in [0, 0.05) is 0 Å². The molecule has 1 N–H and O–H groups in total. The fraction of sp³-hybridized carbons (Fsp3) is 0.538. The molecular weight excluding hydrogens is 186 g/mol. The van der Waals surface area contributed by atoms with E-state index in [4.69, 9.17) is 10.8 Å². The second kappa shape index (κ2) is 6.31. The second-order valence-corrected chi connectivity index (χ2v) is 3.65. The minimum absolute atomic E-state index is 0.144. The van der Waals surface area contributed by atoms with Crippen molar-refractivity contribution in [1.82, 2.24) is 5.32 Å². The van der Waals surface area contributed by atoms with Crippen LogP contribution in [0.2, 0.25) is 0 Å². The van der Waals surface area contributed by atoms with Crippen molar-refractivity contribution in [3.63, 3.8) is 0 Å². The Hall–Kier alpha value is -1.20. The Kier molecular flexibility index (Phi) is 5.00. The molecule has 2 nitrogen and oxygen atoms in total. The number of terminal acetylenes is 1. The summed E-state index contributed by atoms with van der Waals surface area (Å²) >= 11 is 0. The van der Waals surface area contributed by atoms with Crippen molar-refractivity contribution in [3.8, 4) is 12.3 Å². The van der Waals surface area contributed by atoms with Crippen molar-refractivity contribution in [3.05, 3.63) is 24.2 Å². The molecule has 2 atom stereocenters. The molecule has 0 bridgehead atoms. The van der Waals surface area contributed by atoms with E-state index in [0.717, 1.165) is 25.0 Å². The minimum Gasteiger partial charge on any atom is -0.468 e. The Morgan fingerprint density at radius 3 is 2.80 bits per heavy atom. The van der Waals surface area contributed by atoms with E-state index in [9.17, 15) is 0 Å². The van der Waals surface area contributed by atoms with Gasteiger partial charge in [-0.05, 0) is 25.0 Å². The van der Waals surface area contributed by atoms with Gasteiger partial charge in [-0.15, -0.1) is 6.42 Å². The van der Waals surface area contributed by atoms with E-state index < -0.39 is 0 Å². The lowest BCUT2D eigenvalue weighted by molar-refractivity contribution is 0.381. The van der Waals surface area contributed by atoms with Gasteiger partial charge in [0.2, 0.25) is 0 Å². The van der Waals surface area contributed by atoms with Crippen molar-refractivity contribution in [2.75, 3.05) is 0 Å². The fourth-order valence-corrected chi connectivity index (χ4v) is 1.64. The largest absolute Gasteiger partial charge is 0.468 e. The molecule has 15 heavy (non-hydrogen) atoms. The minimum atomic E-state index is 0.144. The van der Waals surface area contributed by atoms with E-state index in [2.05, 4.69) is 25.1 Å². The van der Waals surface area contributed by atoms with Crippen molar-refractivity contribution < 1.29 is 4.42 Å². The summed E-state index contributed by atoms with van der Waals surface area (Å²) in [5.74, 6) is 3.74. The molecule has 2 heteroatoms. The molecule has 1 heterocycles. The van der Waals surface area contributed by atoms with E-state index >= 15 is 0 Å². The molecule has 0 spiro atoms. The van der Waals surface area contributed by atoms with E-state index in [1.807, 2.05) is 12.1 Å². The van der Waals surface area contributed by atoms with Gasteiger partial charge in [0.1, 0.15) is 5.76 Å². The Morgan fingerprint density at radius 1 is 1.53 bits per heavy atom. The topological polar surface area (TPSA) is 25.2 Å². The van der Waals surface area contributed by atoms with Gasteiger partial charge in [0.05, 0.1) is 18.3 Å². The van der Waals surface area contributed by atoms with Gasteiger partial charge in [-0.1, -0.05) is 26.2 Å². The molecule has 2 unspecified atom stereocenters. The summed E-state index contributed by atoms with van der Waals surface area (Å²) in [7, 11) is 0. The zero-order valence-corrected chi connectivity index (χ0v) is 9.49. The van der Waals surface area contributed by atoms with Crippen molar-refractivity contribution in [1.29, 1.82) is 0 Å². The standard InChI is InChI=1S/C13H19NO/c1-4-8-11(5-2)14-12(6-3)13-9-7-10-15-13/h2,7,9-12,14H,4,6,8H2,1,3H3. The molecule has 1 rings (SSSR count). The van der Waals surface area contributed by atoms with Crippen LogP contribution in [-0.2, 0) is 0 Å². The number of furan rings is 1. The van der Waals surface area contributed by atoms with Crippen molar-refractivity contribution in [2.45, 2.75) is 45.2 Å². The first-order valence-corrected chi connectivity index (χ1v) is 5.57. The zero-order chi connectivity index (χ0) is 11.1. The number of rotatable bonds is 6. The lowest BCUT2D eigenvalue weighted by Crippen LogP contribution is -2.31. The third-order valence-electron chi connectivity index (χ3n) is 2.48. The van der Waals surface area contributed by atoms with Crippen LogP contribution in [0, 0.1) is 12.3 Å². The fourth-order valence-electron chi connectivity index (χ4n) is 1.64. The first kappa shape index (κ1) is 11.9. The van der Waals surface area contributed by atoms with Crippen molar-refractivity contribution in [2.24, 2.45) is 0 Å². The number of hydrogen-bond acceptors (Lipinski definition) is 2. The Bertz CT molecular complexity index is 297. The SMILES string of the molecule is C#CC(CCC)NC(CC)c1ccco1. The van der Waals surface area contributed by atoms with Gasteiger partial charge in [0.15, 0.2) is 0 Å². The summed E-state index contributed by atoms with van der Waals surface area (Å²) in [4.78, 5) is 0. The third-order valence-corrected chi connectivity index (χ3v) is 2.48. The number of nitrogens with one attached hydrogen (secondary N) is 1. The van der Waals surface area contributed by atoms with Crippen LogP contribution in [0.3, 0.4) is 0 Å². The van der Waals surface area contributed by atoms with Gasteiger partial charge in [-0.3, -0.25) is 5.32 Å². The maximum Gasteiger partial charge on any atom is 0.120 e. The average Bonchev–Trinajstić information content (AvgIpc) is 2.77. The van der Waals surface area contributed by atoms with Crippen LogP contribution in [-0.4, -0.2) is 6.04 Å². The molecule has 1 aromatic heterocycles. The summed E-state index contributed by atoms with van der Waals surface area (Å²) in [5.41, 5.74) is 0. The highest BCUT2D eigenvalue weighted by Crippen LogP contribution is 2.18. The molecule has 0 saturated heterocycles. The molecule has 82 valence electrons. The quantitative estimate of drug-likeness (QED) is 0.722. The molecule has 0 aliphatic carbocycles. The predicted octanol–water partition coefficient (Wildman–Crippen LogP) is 3.12. The summed E-state index contributed by atoms with van der Waals surface area (Å²) in [5, 5.41) is 3.43. The Labute approximate surface area is 92.1 Å². The highest BCUT2D eigenvalue weighted by atomic mass is 16.3. The maximum atomic E-state index is 5.47. The zero-order valence-electron chi connectivity index (χ0n) is 9.49. The molecule has 1 aromatic rings. The van der Waals surface area contributed by atoms with Crippen molar-refractivity contribution >= 4 is 0 Å². The molecular formula is C13H19NO. The predicted molar refractivity (Wildman–Crippen MR) is 62.4 cm³/mol. The molecule has 0 radical (unpaired) electrons.